The van der Waals surface area contributed by atoms with E-state index in [1.807, 2.05) is 11.8 Å². The van der Waals surface area contributed by atoms with Gasteiger partial charge in [-0.2, -0.15) is 11.8 Å². The Balaban J connectivity index is 2.18. The van der Waals surface area contributed by atoms with E-state index >= 15 is 0 Å². The molecule has 2 N–H and O–H groups in total. The lowest BCUT2D eigenvalue weighted by Gasteiger charge is -2.37. The zero-order chi connectivity index (χ0) is 15.0. The molecule has 1 saturated heterocycles. The van der Waals surface area contributed by atoms with Gasteiger partial charge in [-0.15, -0.1) is 0 Å². The van der Waals surface area contributed by atoms with Crippen molar-refractivity contribution in [2.75, 3.05) is 51.8 Å². The molecule has 2 amide bonds. The van der Waals surface area contributed by atoms with Crippen molar-refractivity contribution in [3.05, 3.63) is 0 Å². The summed E-state index contributed by atoms with van der Waals surface area (Å²) in [7, 11) is 4.26. The van der Waals surface area contributed by atoms with Crippen molar-refractivity contribution in [1.82, 2.24) is 20.4 Å². The second kappa shape index (κ2) is 9.47. The number of amides is 2. The fourth-order valence-electron chi connectivity index (χ4n) is 2.28. The summed E-state index contributed by atoms with van der Waals surface area (Å²) in [6, 6.07) is 0.604. The van der Waals surface area contributed by atoms with E-state index in [-0.39, 0.29) is 12.1 Å². The van der Waals surface area contributed by atoms with Gasteiger partial charge in [0.2, 0.25) is 0 Å². The second-order valence-electron chi connectivity index (χ2n) is 5.64. The molecule has 0 aromatic heterocycles. The molecule has 0 radical (unpaired) electrons. The summed E-state index contributed by atoms with van der Waals surface area (Å²) in [6.07, 6.45) is 1.03. The summed E-state index contributed by atoms with van der Waals surface area (Å²) >= 11 is 1.92. The van der Waals surface area contributed by atoms with Crippen LogP contribution in [0.15, 0.2) is 0 Å². The van der Waals surface area contributed by atoms with Gasteiger partial charge >= 0.3 is 6.03 Å². The van der Waals surface area contributed by atoms with E-state index in [0.29, 0.717) is 12.6 Å². The minimum Gasteiger partial charge on any atom is -0.337 e. The van der Waals surface area contributed by atoms with Crippen molar-refractivity contribution in [3.8, 4) is 0 Å². The van der Waals surface area contributed by atoms with Gasteiger partial charge in [-0.1, -0.05) is 6.92 Å². The molecule has 118 valence electrons. The summed E-state index contributed by atoms with van der Waals surface area (Å²) in [4.78, 5) is 16.5. The lowest BCUT2D eigenvalue weighted by Crippen LogP contribution is -2.55. The van der Waals surface area contributed by atoms with E-state index in [1.54, 1.807) is 0 Å². The van der Waals surface area contributed by atoms with Crippen LogP contribution < -0.4 is 10.6 Å². The smallest absolute Gasteiger partial charge is 0.315 e. The molecule has 0 unspecified atom stereocenters. The highest BCUT2D eigenvalue weighted by Gasteiger charge is 2.22. The van der Waals surface area contributed by atoms with Gasteiger partial charge in [0.25, 0.3) is 0 Å². The first-order valence-electron chi connectivity index (χ1n) is 7.53. The highest BCUT2D eigenvalue weighted by atomic mass is 32.2. The van der Waals surface area contributed by atoms with Gasteiger partial charge in [-0.25, -0.2) is 4.79 Å². The quantitative estimate of drug-likeness (QED) is 0.691. The molecule has 20 heavy (non-hydrogen) atoms. The minimum atomic E-state index is -0.0411. The lowest BCUT2D eigenvalue weighted by atomic mass is 10.2. The molecule has 2 atom stereocenters. The van der Waals surface area contributed by atoms with Crippen LogP contribution in [-0.2, 0) is 0 Å². The van der Waals surface area contributed by atoms with Crippen LogP contribution in [0.1, 0.15) is 20.3 Å². The second-order valence-corrected chi connectivity index (χ2v) is 7.03. The van der Waals surface area contributed by atoms with Crippen molar-refractivity contribution in [1.29, 1.82) is 0 Å². The number of hydrogen-bond donors (Lipinski definition) is 2. The maximum atomic E-state index is 11.9. The van der Waals surface area contributed by atoms with Gasteiger partial charge in [0, 0.05) is 38.3 Å². The molecular weight excluding hydrogens is 272 g/mol. The monoisotopic (exact) mass is 302 g/mol. The van der Waals surface area contributed by atoms with Gasteiger partial charge in [-0.05, 0) is 38.9 Å². The molecule has 0 bridgehead atoms. The largest absolute Gasteiger partial charge is 0.337 e. The summed E-state index contributed by atoms with van der Waals surface area (Å²) in [5.41, 5.74) is 0. The number of hydrogen-bond acceptors (Lipinski definition) is 4. The predicted molar refractivity (Wildman–Crippen MR) is 87.5 cm³/mol. The summed E-state index contributed by atoms with van der Waals surface area (Å²) < 4.78 is 0. The molecule has 0 spiro atoms. The summed E-state index contributed by atoms with van der Waals surface area (Å²) in [5.74, 6) is 2.24. The van der Waals surface area contributed by atoms with Crippen LogP contribution in [0, 0.1) is 0 Å². The van der Waals surface area contributed by atoms with Crippen molar-refractivity contribution >= 4 is 17.8 Å². The molecule has 0 saturated carbocycles. The Kier molecular flexibility index (Phi) is 8.33. The molecule has 1 aliphatic rings. The van der Waals surface area contributed by atoms with E-state index < -0.39 is 0 Å². The Morgan fingerprint density at radius 1 is 1.40 bits per heavy atom. The molecule has 0 aromatic rings. The zero-order valence-electron chi connectivity index (χ0n) is 13.3. The van der Waals surface area contributed by atoms with Crippen molar-refractivity contribution in [3.63, 3.8) is 0 Å². The van der Waals surface area contributed by atoms with Gasteiger partial charge in [0.1, 0.15) is 0 Å². The predicted octanol–water partition coefficient (Wildman–Crippen LogP) is 1.06. The molecule has 5 nitrogen and oxygen atoms in total. The topological polar surface area (TPSA) is 47.6 Å². The minimum absolute atomic E-state index is 0.0411. The standard InChI is InChI=1S/C14H30N4OS/c1-5-20-9-6-12(2)16-14(19)15-10-13-11-17(3)7-8-18(13)4/h12-13H,5-11H2,1-4H3,(H2,15,16,19)/t12-,13+/m0/s1. The van der Waals surface area contributed by atoms with Crippen LogP contribution in [0.4, 0.5) is 4.79 Å². The van der Waals surface area contributed by atoms with Crippen LogP contribution in [0.25, 0.3) is 0 Å². The first kappa shape index (κ1) is 17.6. The Morgan fingerprint density at radius 3 is 2.85 bits per heavy atom. The molecule has 1 rings (SSSR count). The Hall–Kier alpha value is -0.460. The highest BCUT2D eigenvalue weighted by Crippen LogP contribution is 2.05. The van der Waals surface area contributed by atoms with Crippen LogP contribution >= 0.6 is 11.8 Å². The highest BCUT2D eigenvalue weighted by molar-refractivity contribution is 7.99. The Bertz CT molecular complexity index is 290. The van der Waals surface area contributed by atoms with Gasteiger partial charge in [0.15, 0.2) is 0 Å². The average molecular weight is 302 g/mol. The fourth-order valence-corrected chi connectivity index (χ4v) is 3.09. The SMILES string of the molecule is CCSCC[C@H](C)NC(=O)NC[C@@H]1CN(C)CCN1C. The van der Waals surface area contributed by atoms with E-state index in [0.717, 1.165) is 37.6 Å². The molecule has 6 heteroatoms. The molecule has 1 fully saturated rings. The lowest BCUT2D eigenvalue weighted by molar-refractivity contribution is 0.114. The number of carbonyl (C=O) groups is 1. The number of carbonyl (C=O) groups excluding carboxylic acids is 1. The zero-order valence-corrected chi connectivity index (χ0v) is 14.1. The molecule has 1 aliphatic heterocycles. The summed E-state index contributed by atoms with van der Waals surface area (Å²) in [5, 5.41) is 6.01. The number of rotatable bonds is 7. The Morgan fingerprint density at radius 2 is 2.15 bits per heavy atom. The maximum Gasteiger partial charge on any atom is 0.315 e. The number of piperazine rings is 1. The van der Waals surface area contributed by atoms with Crippen LogP contribution in [0.3, 0.4) is 0 Å². The van der Waals surface area contributed by atoms with Crippen LogP contribution in [0.5, 0.6) is 0 Å². The van der Waals surface area contributed by atoms with Crippen molar-refractivity contribution < 1.29 is 4.79 Å². The number of likely N-dealkylation sites (N-methyl/N-ethyl adjacent to an activating group) is 2. The summed E-state index contributed by atoms with van der Waals surface area (Å²) in [6.45, 7) is 8.12. The number of urea groups is 1. The normalized spacial score (nSPS) is 22.5. The van der Waals surface area contributed by atoms with E-state index in [9.17, 15) is 4.79 Å². The molecule has 0 aromatic carbocycles. The third kappa shape index (κ3) is 6.81. The third-order valence-corrected chi connectivity index (χ3v) is 4.69. The fraction of sp³-hybridized carbons (Fsp3) is 0.929. The average Bonchev–Trinajstić information content (AvgIpc) is 2.40. The Labute approximate surface area is 127 Å². The molecular formula is C14H30N4OS. The first-order chi connectivity index (χ1) is 9.52. The first-order valence-corrected chi connectivity index (χ1v) is 8.69. The van der Waals surface area contributed by atoms with E-state index in [4.69, 9.17) is 0 Å². The number of nitrogens with one attached hydrogen (secondary N) is 2. The van der Waals surface area contributed by atoms with Gasteiger partial charge in [-0.3, -0.25) is 4.90 Å². The molecule has 0 aliphatic carbocycles. The maximum absolute atomic E-state index is 11.9. The molecule has 1 heterocycles. The van der Waals surface area contributed by atoms with Crippen molar-refractivity contribution in [2.24, 2.45) is 0 Å². The van der Waals surface area contributed by atoms with Crippen molar-refractivity contribution in [2.45, 2.75) is 32.4 Å². The number of nitrogens with zero attached hydrogens (tertiary/aromatic N) is 2. The van der Waals surface area contributed by atoms with Crippen LogP contribution in [0.2, 0.25) is 0 Å². The van der Waals surface area contributed by atoms with Gasteiger partial charge in [0.05, 0.1) is 0 Å². The number of thioether (sulfide) groups is 1. The third-order valence-electron chi connectivity index (χ3n) is 3.76. The van der Waals surface area contributed by atoms with E-state index in [1.165, 1.54) is 0 Å². The van der Waals surface area contributed by atoms with E-state index in [2.05, 4.69) is 48.4 Å². The van der Waals surface area contributed by atoms with Gasteiger partial charge < -0.3 is 15.5 Å². The van der Waals surface area contributed by atoms with Crippen LogP contribution in [-0.4, -0.2) is 79.7 Å².